The number of benzene rings is 1. The first-order valence-electron chi connectivity index (χ1n) is 25.4. The van der Waals surface area contributed by atoms with Crippen LogP contribution in [0.5, 0.6) is 11.5 Å². The second kappa shape index (κ2) is 32.8. The standard InChI is InChI=1S/C53H97BrO4Si/c1-10-11-12-13-14-15-16-17-18-19-20-21-22-23-26-37-51(58-59(8,9)55-42-28-25-24-27-41-54)56-50-43-48(6)52-49(44-50)38-40-53(7,57-52)39-31-36-47(5)35-30-34-46(4)33-29-32-45(2)3/h17-18,43-47,51H,10-16,19-42H2,1-9H3/b18-17-. The van der Waals surface area contributed by atoms with Gasteiger partial charge < -0.3 is 18.3 Å². The van der Waals surface area contributed by atoms with Crippen LogP contribution in [0.1, 0.15) is 232 Å². The van der Waals surface area contributed by atoms with Crippen LogP contribution in [0.4, 0.5) is 0 Å². The van der Waals surface area contributed by atoms with Crippen LogP contribution in [0.2, 0.25) is 13.1 Å². The molecule has 4 nitrogen and oxygen atoms in total. The molecular weight excluding hydrogens is 809 g/mol. The molecule has 1 aliphatic rings. The van der Waals surface area contributed by atoms with Crippen molar-refractivity contribution < 1.29 is 18.3 Å². The molecule has 0 radical (unpaired) electrons. The summed E-state index contributed by atoms with van der Waals surface area (Å²) in [6.07, 6.45) is 41.2. The number of allylic oxidation sites excluding steroid dienone is 2. The minimum Gasteiger partial charge on any atom is -0.487 e. The van der Waals surface area contributed by atoms with Gasteiger partial charge in [0.05, 0.1) is 0 Å². The number of ether oxygens (including phenoxy) is 2. The van der Waals surface area contributed by atoms with Crippen molar-refractivity contribution in [1.82, 2.24) is 0 Å². The van der Waals surface area contributed by atoms with Crippen LogP contribution in [-0.4, -0.2) is 32.4 Å². The third kappa shape index (κ3) is 27.1. The van der Waals surface area contributed by atoms with Crippen LogP contribution < -0.4 is 9.47 Å². The van der Waals surface area contributed by atoms with E-state index in [0.717, 1.165) is 79.7 Å². The van der Waals surface area contributed by atoms with E-state index in [1.807, 2.05) is 0 Å². The summed E-state index contributed by atoms with van der Waals surface area (Å²) >= 11 is 3.55. The van der Waals surface area contributed by atoms with Crippen molar-refractivity contribution >= 4 is 24.5 Å². The van der Waals surface area contributed by atoms with Gasteiger partial charge in [-0.05, 0) is 139 Å². The van der Waals surface area contributed by atoms with E-state index < -0.39 is 8.56 Å². The SMILES string of the molecule is CCCCCCCC/C=C\CCCCCCCC(Oc1cc(C)c2c(c1)CCC(C)(CCCC(C)CCCC(C)CCCC(C)C)O2)O[Si](C)(C)OCCCCCCBr. The van der Waals surface area contributed by atoms with Gasteiger partial charge in [-0.2, -0.15) is 0 Å². The van der Waals surface area contributed by atoms with Crippen LogP contribution in [0.15, 0.2) is 24.3 Å². The first-order valence-corrected chi connectivity index (χ1v) is 29.3. The van der Waals surface area contributed by atoms with Crippen LogP contribution in [0.3, 0.4) is 0 Å². The number of aryl methyl sites for hydroxylation is 2. The second-order valence-corrected chi connectivity index (χ2v) is 24.1. The Kier molecular flexibility index (Phi) is 30.2. The Morgan fingerprint density at radius 2 is 1.29 bits per heavy atom. The maximum absolute atomic E-state index is 6.87. The van der Waals surface area contributed by atoms with Crippen molar-refractivity contribution in [1.29, 1.82) is 0 Å². The van der Waals surface area contributed by atoms with Gasteiger partial charge in [-0.25, -0.2) is 0 Å². The van der Waals surface area contributed by atoms with Crippen molar-refractivity contribution in [2.45, 2.75) is 260 Å². The fourth-order valence-electron chi connectivity index (χ4n) is 8.78. The zero-order valence-electron chi connectivity index (χ0n) is 40.6. The number of alkyl halides is 1. The predicted octanol–water partition coefficient (Wildman–Crippen LogP) is 18.0. The fraction of sp³-hybridized carbons (Fsp3) is 0.849. The van der Waals surface area contributed by atoms with Gasteiger partial charge in [0, 0.05) is 18.4 Å². The van der Waals surface area contributed by atoms with Crippen molar-refractivity contribution in [3.63, 3.8) is 0 Å². The zero-order chi connectivity index (χ0) is 43.2. The van der Waals surface area contributed by atoms with Gasteiger partial charge in [0.1, 0.15) is 17.1 Å². The zero-order valence-corrected chi connectivity index (χ0v) is 43.1. The average Bonchev–Trinajstić information content (AvgIpc) is 3.17. The molecule has 0 amide bonds. The van der Waals surface area contributed by atoms with Gasteiger partial charge in [0.25, 0.3) is 0 Å². The van der Waals surface area contributed by atoms with Gasteiger partial charge in [-0.1, -0.05) is 172 Å². The fourth-order valence-corrected chi connectivity index (χ4v) is 10.7. The molecule has 0 spiro atoms. The monoisotopic (exact) mass is 905 g/mol. The second-order valence-electron chi connectivity index (χ2n) is 20.0. The Labute approximate surface area is 377 Å². The third-order valence-corrected chi connectivity index (χ3v) is 15.0. The molecule has 6 heteroatoms. The lowest BCUT2D eigenvalue weighted by Gasteiger charge is -2.37. The summed E-state index contributed by atoms with van der Waals surface area (Å²) in [6, 6.07) is 4.43. The minimum absolute atomic E-state index is 0.0958. The molecule has 344 valence electrons. The Morgan fingerprint density at radius 1 is 0.712 bits per heavy atom. The maximum atomic E-state index is 6.87. The smallest absolute Gasteiger partial charge is 0.334 e. The molecule has 0 aromatic heterocycles. The normalized spacial score (nSPS) is 17.3. The Morgan fingerprint density at radius 3 is 1.93 bits per heavy atom. The molecular formula is C53H97BrO4Si. The summed E-state index contributed by atoms with van der Waals surface area (Å²) in [5.74, 6) is 4.50. The molecule has 0 fully saturated rings. The maximum Gasteiger partial charge on any atom is 0.334 e. The van der Waals surface area contributed by atoms with Crippen molar-refractivity contribution in [3.05, 3.63) is 35.4 Å². The summed E-state index contributed by atoms with van der Waals surface area (Å²) in [7, 11) is -2.37. The molecule has 4 unspecified atom stereocenters. The van der Waals surface area contributed by atoms with Crippen LogP contribution in [0.25, 0.3) is 0 Å². The summed E-state index contributed by atoms with van der Waals surface area (Å²) in [5, 5.41) is 1.08. The van der Waals surface area contributed by atoms with E-state index in [1.165, 1.54) is 159 Å². The molecule has 0 saturated carbocycles. The Balaban J connectivity index is 1.86. The van der Waals surface area contributed by atoms with E-state index in [-0.39, 0.29) is 11.9 Å². The van der Waals surface area contributed by atoms with Gasteiger partial charge in [-0.3, -0.25) is 0 Å². The number of unbranched alkanes of at least 4 members (excludes halogenated alkanes) is 14. The van der Waals surface area contributed by atoms with Crippen molar-refractivity contribution in [3.8, 4) is 11.5 Å². The number of rotatable bonds is 38. The summed E-state index contributed by atoms with van der Waals surface area (Å²) in [4.78, 5) is 0. The lowest BCUT2D eigenvalue weighted by atomic mass is 9.85. The number of halogens is 1. The summed E-state index contributed by atoms with van der Waals surface area (Å²) in [5.41, 5.74) is 2.36. The van der Waals surface area contributed by atoms with Crippen LogP contribution in [-0.2, 0) is 15.3 Å². The highest BCUT2D eigenvalue weighted by molar-refractivity contribution is 9.09. The van der Waals surface area contributed by atoms with Crippen LogP contribution >= 0.6 is 15.9 Å². The van der Waals surface area contributed by atoms with Gasteiger partial charge in [-0.15, -0.1) is 0 Å². The highest BCUT2D eigenvalue weighted by atomic mass is 79.9. The van der Waals surface area contributed by atoms with E-state index in [0.29, 0.717) is 0 Å². The number of hydrogen-bond donors (Lipinski definition) is 0. The molecule has 2 rings (SSSR count). The van der Waals surface area contributed by atoms with Gasteiger partial charge >= 0.3 is 8.56 Å². The van der Waals surface area contributed by atoms with E-state index in [2.05, 4.69) is 102 Å². The molecule has 0 N–H and O–H groups in total. The molecule has 0 bridgehead atoms. The average molecular weight is 906 g/mol. The topological polar surface area (TPSA) is 36.9 Å². The lowest BCUT2D eigenvalue weighted by molar-refractivity contribution is -0.0308. The van der Waals surface area contributed by atoms with Crippen molar-refractivity contribution in [2.75, 3.05) is 11.9 Å². The van der Waals surface area contributed by atoms with E-state index in [1.54, 1.807) is 0 Å². The van der Waals surface area contributed by atoms with Gasteiger partial charge in [0.2, 0.25) is 0 Å². The third-order valence-electron chi connectivity index (χ3n) is 12.7. The highest BCUT2D eigenvalue weighted by Crippen LogP contribution is 2.41. The lowest BCUT2D eigenvalue weighted by Crippen LogP contribution is -2.41. The molecule has 0 aliphatic carbocycles. The minimum atomic E-state index is -2.37. The predicted molar refractivity (Wildman–Crippen MR) is 264 cm³/mol. The van der Waals surface area contributed by atoms with Crippen LogP contribution in [0, 0.1) is 24.7 Å². The quantitative estimate of drug-likeness (QED) is 0.0218. The molecule has 1 aromatic rings. The van der Waals surface area contributed by atoms with E-state index in [4.69, 9.17) is 18.3 Å². The number of fused-ring (bicyclic) bond motifs is 1. The molecule has 59 heavy (non-hydrogen) atoms. The first kappa shape index (κ1) is 54.3. The summed E-state index contributed by atoms with van der Waals surface area (Å²) < 4.78 is 26.8. The largest absolute Gasteiger partial charge is 0.487 e. The van der Waals surface area contributed by atoms with Crippen molar-refractivity contribution in [2.24, 2.45) is 17.8 Å². The Hall–Kier alpha value is -0.823. The molecule has 1 aromatic carbocycles. The highest BCUT2D eigenvalue weighted by Gasteiger charge is 2.34. The molecule has 1 heterocycles. The molecule has 0 saturated heterocycles. The molecule has 4 atom stereocenters. The first-order chi connectivity index (χ1) is 28.4. The van der Waals surface area contributed by atoms with Gasteiger partial charge in [0.15, 0.2) is 6.29 Å². The van der Waals surface area contributed by atoms with E-state index in [9.17, 15) is 0 Å². The summed E-state index contributed by atoms with van der Waals surface area (Å²) in [6.45, 7) is 21.6. The van der Waals surface area contributed by atoms with E-state index >= 15 is 0 Å². The Bertz CT molecular complexity index is 1200. The molecule has 1 aliphatic heterocycles. The number of hydrogen-bond acceptors (Lipinski definition) is 4.